The van der Waals surface area contributed by atoms with E-state index in [2.05, 4.69) is 5.32 Å². The van der Waals surface area contributed by atoms with Gasteiger partial charge >= 0.3 is 0 Å². The van der Waals surface area contributed by atoms with Crippen LogP contribution >= 0.6 is 0 Å². The maximum Gasteiger partial charge on any atom is 0.256 e. The van der Waals surface area contributed by atoms with Gasteiger partial charge in [0.05, 0.1) is 11.3 Å². The average molecular weight is 289 g/mol. The summed E-state index contributed by atoms with van der Waals surface area (Å²) in [6.07, 6.45) is 0.596. The molecular formula is C16H13F2NO2. The lowest BCUT2D eigenvalue weighted by molar-refractivity contribution is 0.101. The number of benzene rings is 2. The van der Waals surface area contributed by atoms with Gasteiger partial charge in [-0.05, 0) is 37.1 Å². The van der Waals surface area contributed by atoms with Crippen molar-refractivity contribution in [1.29, 1.82) is 0 Å². The first kappa shape index (κ1) is 14.8. The smallest absolute Gasteiger partial charge is 0.256 e. The Kier molecular flexibility index (Phi) is 4.12. The molecule has 0 spiro atoms. The Hall–Kier alpha value is -2.56. The molecule has 0 heterocycles. The molecule has 0 atom stereocenters. The molecule has 0 aliphatic carbocycles. The third-order valence-electron chi connectivity index (χ3n) is 3.20. The predicted octanol–water partition coefficient (Wildman–Crippen LogP) is 3.65. The van der Waals surface area contributed by atoms with Crippen molar-refractivity contribution in [3.05, 3.63) is 64.2 Å². The highest BCUT2D eigenvalue weighted by molar-refractivity contribution is 6.10. The van der Waals surface area contributed by atoms with E-state index in [0.717, 1.165) is 12.1 Å². The monoisotopic (exact) mass is 289 g/mol. The van der Waals surface area contributed by atoms with Gasteiger partial charge in [0.15, 0.2) is 6.29 Å². The summed E-state index contributed by atoms with van der Waals surface area (Å²) in [7, 11) is 0. The summed E-state index contributed by atoms with van der Waals surface area (Å²) in [6.45, 7) is 3.39. The molecule has 0 saturated heterocycles. The fourth-order valence-corrected chi connectivity index (χ4v) is 2.06. The van der Waals surface area contributed by atoms with Crippen molar-refractivity contribution in [2.24, 2.45) is 0 Å². The molecule has 0 radical (unpaired) electrons. The quantitative estimate of drug-likeness (QED) is 0.877. The van der Waals surface area contributed by atoms with E-state index < -0.39 is 17.5 Å². The van der Waals surface area contributed by atoms with Gasteiger partial charge in [-0.25, -0.2) is 8.78 Å². The third-order valence-corrected chi connectivity index (χ3v) is 3.20. The van der Waals surface area contributed by atoms with Crippen LogP contribution < -0.4 is 5.32 Å². The summed E-state index contributed by atoms with van der Waals surface area (Å²) in [5, 5.41) is 2.36. The van der Waals surface area contributed by atoms with Crippen molar-refractivity contribution in [1.82, 2.24) is 0 Å². The van der Waals surface area contributed by atoms with Crippen LogP contribution in [0.15, 0.2) is 30.3 Å². The van der Waals surface area contributed by atoms with E-state index in [1.54, 1.807) is 26.0 Å². The average Bonchev–Trinajstić information content (AvgIpc) is 2.43. The van der Waals surface area contributed by atoms with E-state index in [1.807, 2.05) is 0 Å². The number of hydrogen-bond donors (Lipinski definition) is 1. The van der Waals surface area contributed by atoms with Crippen molar-refractivity contribution >= 4 is 17.9 Å². The van der Waals surface area contributed by atoms with Crippen LogP contribution in [0.5, 0.6) is 0 Å². The predicted molar refractivity (Wildman–Crippen MR) is 75.6 cm³/mol. The Morgan fingerprint density at radius 2 is 1.76 bits per heavy atom. The summed E-state index contributed by atoms with van der Waals surface area (Å²) in [5.74, 6) is -2.21. The lowest BCUT2D eigenvalue weighted by atomic mass is 9.97. The van der Waals surface area contributed by atoms with Gasteiger partial charge in [-0.15, -0.1) is 0 Å². The van der Waals surface area contributed by atoms with Crippen LogP contribution in [0.2, 0.25) is 0 Å². The summed E-state index contributed by atoms with van der Waals surface area (Å²) in [6, 6.07) is 6.29. The van der Waals surface area contributed by atoms with Gasteiger partial charge in [0.1, 0.15) is 11.6 Å². The fourth-order valence-electron chi connectivity index (χ4n) is 2.06. The molecule has 1 amide bonds. The summed E-state index contributed by atoms with van der Waals surface area (Å²) in [5.41, 5.74) is 1.56. The third kappa shape index (κ3) is 2.97. The minimum Gasteiger partial charge on any atom is -0.319 e. The maximum atomic E-state index is 13.6. The van der Waals surface area contributed by atoms with E-state index in [9.17, 15) is 18.4 Å². The zero-order chi connectivity index (χ0) is 15.6. The highest BCUT2D eigenvalue weighted by atomic mass is 19.1. The minimum absolute atomic E-state index is 0.140. The number of halogens is 2. The number of aldehydes is 1. The molecule has 1 N–H and O–H groups in total. The molecule has 0 fully saturated rings. The molecule has 3 nitrogen and oxygen atoms in total. The molecule has 21 heavy (non-hydrogen) atoms. The largest absolute Gasteiger partial charge is 0.319 e. The molecular weight excluding hydrogens is 276 g/mol. The van der Waals surface area contributed by atoms with Gasteiger partial charge in [0, 0.05) is 11.6 Å². The van der Waals surface area contributed by atoms with Crippen LogP contribution in [0.3, 0.4) is 0 Å². The normalized spacial score (nSPS) is 10.3. The van der Waals surface area contributed by atoms with Crippen molar-refractivity contribution in [3.8, 4) is 0 Å². The number of aryl methyl sites for hydroxylation is 2. The molecule has 0 aromatic heterocycles. The minimum atomic E-state index is -0.874. The number of carbonyl (C=O) groups is 2. The standard InChI is InChI=1S/C16H13F2NO2/c1-9-3-4-10(2)15(12(9)8-20)16(21)19-14-6-5-11(17)7-13(14)18/h3-8H,1-2H3,(H,19,21). The van der Waals surface area contributed by atoms with Crippen molar-refractivity contribution in [2.75, 3.05) is 5.32 Å². The Balaban J connectivity index is 2.41. The van der Waals surface area contributed by atoms with Crippen molar-refractivity contribution in [3.63, 3.8) is 0 Å². The topological polar surface area (TPSA) is 46.2 Å². The van der Waals surface area contributed by atoms with Crippen molar-refractivity contribution in [2.45, 2.75) is 13.8 Å². The lowest BCUT2D eigenvalue weighted by Crippen LogP contribution is -2.17. The van der Waals surface area contributed by atoms with Gasteiger partial charge < -0.3 is 5.32 Å². The van der Waals surface area contributed by atoms with Gasteiger partial charge in [0.25, 0.3) is 5.91 Å². The zero-order valence-corrected chi connectivity index (χ0v) is 11.5. The Morgan fingerprint density at radius 3 is 2.38 bits per heavy atom. The summed E-state index contributed by atoms with van der Waals surface area (Å²) >= 11 is 0. The van der Waals surface area contributed by atoms with E-state index in [1.165, 1.54) is 0 Å². The molecule has 0 unspecified atom stereocenters. The highest BCUT2D eigenvalue weighted by Gasteiger charge is 2.17. The number of carbonyl (C=O) groups excluding carboxylic acids is 2. The number of amides is 1. The Labute approximate surface area is 120 Å². The highest BCUT2D eigenvalue weighted by Crippen LogP contribution is 2.21. The second-order valence-electron chi connectivity index (χ2n) is 4.68. The van der Waals surface area contributed by atoms with Crippen LogP contribution in [0.1, 0.15) is 31.8 Å². The van der Waals surface area contributed by atoms with Gasteiger partial charge in [-0.2, -0.15) is 0 Å². The Bertz CT molecular complexity index is 726. The summed E-state index contributed by atoms with van der Waals surface area (Å²) < 4.78 is 26.4. The summed E-state index contributed by atoms with van der Waals surface area (Å²) in [4.78, 5) is 23.4. The van der Waals surface area contributed by atoms with Crippen LogP contribution in [0, 0.1) is 25.5 Å². The van der Waals surface area contributed by atoms with E-state index >= 15 is 0 Å². The first-order chi connectivity index (χ1) is 9.93. The maximum absolute atomic E-state index is 13.6. The van der Waals surface area contributed by atoms with E-state index in [4.69, 9.17) is 0 Å². The Morgan fingerprint density at radius 1 is 1.10 bits per heavy atom. The van der Waals surface area contributed by atoms with Gasteiger partial charge in [-0.1, -0.05) is 12.1 Å². The number of nitrogens with one attached hydrogen (secondary N) is 1. The second-order valence-corrected chi connectivity index (χ2v) is 4.68. The first-order valence-corrected chi connectivity index (χ1v) is 6.26. The zero-order valence-electron chi connectivity index (χ0n) is 11.5. The van der Waals surface area contributed by atoms with Crippen molar-refractivity contribution < 1.29 is 18.4 Å². The molecule has 2 aromatic rings. The lowest BCUT2D eigenvalue weighted by Gasteiger charge is -2.12. The molecule has 108 valence electrons. The van der Waals surface area contributed by atoms with E-state index in [0.29, 0.717) is 23.5 Å². The number of rotatable bonds is 3. The first-order valence-electron chi connectivity index (χ1n) is 6.26. The molecule has 5 heteroatoms. The fraction of sp³-hybridized carbons (Fsp3) is 0.125. The molecule has 0 aliphatic rings. The van der Waals surface area contributed by atoms with E-state index in [-0.39, 0.29) is 16.8 Å². The number of anilines is 1. The van der Waals surface area contributed by atoms with Crippen LogP contribution in [0.25, 0.3) is 0 Å². The van der Waals surface area contributed by atoms with Gasteiger partial charge in [0.2, 0.25) is 0 Å². The second kappa shape index (κ2) is 5.83. The van der Waals surface area contributed by atoms with Gasteiger partial charge in [-0.3, -0.25) is 9.59 Å². The van der Waals surface area contributed by atoms with Crippen LogP contribution in [-0.4, -0.2) is 12.2 Å². The SMILES string of the molecule is Cc1ccc(C)c(C(=O)Nc2ccc(F)cc2F)c1C=O. The molecule has 2 rings (SSSR count). The molecule has 2 aromatic carbocycles. The van der Waals surface area contributed by atoms with Crippen LogP contribution in [-0.2, 0) is 0 Å². The molecule has 0 aliphatic heterocycles. The number of hydrogen-bond acceptors (Lipinski definition) is 2. The van der Waals surface area contributed by atoms with Crippen LogP contribution in [0.4, 0.5) is 14.5 Å². The molecule has 0 saturated carbocycles. The molecule has 0 bridgehead atoms.